The van der Waals surface area contributed by atoms with Crippen molar-refractivity contribution in [2.75, 3.05) is 18.0 Å². The largest absolute Gasteiger partial charge is 0.345 e. The number of fused-ring (bicyclic) bond motifs is 2. The lowest BCUT2D eigenvalue weighted by Crippen LogP contribution is -2.34. The molecule has 0 saturated carbocycles. The van der Waals surface area contributed by atoms with E-state index in [4.69, 9.17) is 0 Å². The molecule has 2 N–H and O–H groups in total. The Bertz CT molecular complexity index is 1240. The van der Waals surface area contributed by atoms with Crippen molar-refractivity contribution in [3.8, 4) is 0 Å². The van der Waals surface area contributed by atoms with Crippen LogP contribution < -0.4 is 15.5 Å². The van der Waals surface area contributed by atoms with Gasteiger partial charge in [0.1, 0.15) is 5.82 Å². The SMILES string of the molecule is O=C(NCc1nnc2n1CCCCC2)c1ccc2c(c1)CNCCCCCCCN2C(=O)c1cccnc1. The number of carbonyl (C=O) groups excluding carboxylic acids is 2. The van der Waals surface area contributed by atoms with Gasteiger partial charge in [0.05, 0.1) is 12.1 Å². The zero-order chi connectivity index (χ0) is 26.2. The Morgan fingerprint density at radius 1 is 0.921 bits per heavy atom. The van der Waals surface area contributed by atoms with E-state index in [2.05, 4.69) is 30.4 Å². The molecule has 4 heterocycles. The molecule has 2 aromatic heterocycles. The highest BCUT2D eigenvalue weighted by atomic mass is 16.2. The normalized spacial score (nSPS) is 16.8. The summed E-state index contributed by atoms with van der Waals surface area (Å²) in [5, 5.41) is 15.2. The molecule has 0 unspecified atom stereocenters. The molecule has 2 aliphatic rings. The molecular weight excluding hydrogens is 478 g/mol. The molecule has 3 aromatic rings. The third kappa shape index (κ3) is 6.27. The molecule has 2 amide bonds. The number of hydrogen-bond acceptors (Lipinski definition) is 6. The average Bonchev–Trinajstić information content (AvgIpc) is 3.17. The summed E-state index contributed by atoms with van der Waals surface area (Å²) >= 11 is 0. The fraction of sp³-hybridized carbons (Fsp3) is 0.483. The van der Waals surface area contributed by atoms with Crippen molar-refractivity contribution in [1.29, 1.82) is 0 Å². The number of hydrogen-bond donors (Lipinski definition) is 2. The molecule has 1 aromatic carbocycles. The molecule has 0 bridgehead atoms. The highest BCUT2D eigenvalue weighted by Gasteiger charge is 2.22. The van der Waals surface area contributed by atoms with Gasteiger partial charge in [0.25, 0.3) is 11.8 Å². The Kier molecular flexibility index (Phi) is 8.75. The van der Waals surface area contributed by atoms with Gasteiger partial charge in [0.2, 0.25) is 0 Å². The van der Waals surface area contributed by atoms with Crippen molar-refractivity contribution in [3.05, 3.63) is 71.1 Å². The van der Waals surface area contributed by atoms with Crippen LogP contribution in [0.4, 0.5) is 5.69 Å². The first kappa shape index (κ1) is 26.0. The van der Waals surface area contributed by atoms with E-state index in [0.717, 1.165) is 80.9 Å². The monoisotopic (exact) mass is 515 g/mol. The summed E-state index contributed by atoms with van der Waals surface area (Å²) in [4.78, 5) is 32.7. The molecule has 200 valence electrons. The number of aromatic nitrogens is 4. The molecule has 38 heavy (non-hydrogen) atoms. The number of pyridine rings is 1. The summed E-state index contributed by atoms with van der Waals surface area (Å²) in [6, 6.07) is 9.23. The number of anilines is 1. The van der Waals surface area contributed by atoms with Gasteiger partial charge in [-0.05, 0) is 68.1 Å². The van der Waals surface area contributed by atoms with Gasteiger partial charge >= 0.3 is 0 Å². The summed E-state index contributed by atoms with van der Waals surface area (Å²) in [5.41, 5.74) is 2.91. The van der Waals surface area contributed by atoms with Gasteiger partial charge in [-0.2, -0.15) is 0 Å². The Morgan fingerprint density at radius 3 is 2.66 bits per heavy atom. The van der Waals surface area contributed by atoms with Crippen LogP contribution in [0.5, 0.6) is 0 Å². The van der Waals surface area contributed by atoms with Crippen molar-refractivity contribution >= 4 is 17.5 Å². The number of benzene rings is 1. The molecule has 9 heteroatoms. The fourth-order valence-electron chi connectivity index (χ4n) is 5.32. The van der Waals surface area contributed by atoms with Crippen LogP contribution in [0.1, 0.15) is 89.3 Å². The maximum Gasteiger partial charge on any atom is 0.259 e. The lowest BCUT2D eigenvalue weighted by atomic mass is 10.0. The summed E-state index contributed by atoms with van der Waals surface area (Å²) in [7, 11) is 0. The van der Waals surface area contributed by atoms with E-state index in [-0.39, 0.29) is 11.8 Å². The zero-order valence-corrected chi connectivity index (χ0v) is 22.0. The second-order valence-electron chi connectivity index (χ2n) is 10.2. The topological polar surface area (TPSA) is 105 Å². The maximum absolute atomic E-state index is 13.5. The van der Waals surface area contributed by atoms with Crippen LogP contribution in [0.2, 0.25) is 0 Å². The van der Waals surface area contributed by atoms with E-state index in [1.165, 1.54) is 12.8 Å². The third-order valence-electron chi connectivity index (χ3n) is 7.43. The van der Waals surface area contributed by atoms with Gasteiger partial charge < -0.3 is 20.1 Å². The second kappa shape index (κ2) is 12.8. The Labute approximate surface area is 224 Å². The van der Waals surface area contributed by atoms with Crippen molar-refractivity contribution < 1.29 is 9.59 Å². The first-order chi connectivity index (χ1) is 18.7. The van der Waals surface area contributed by atoms with Gasteiger partial charge in [0.15, 0.2) is 5.82 Å². The molecule has 0 atom stereocenters. The smallest absolute Gasteiger partial charge is 0.259 e. The standard InChI is InChI=1S/C29H37N7O2/c37-28(32-21-27-34-33-26-11-5-4-8-17-36(26)27)22-12-13-25-24(18-22)20-30-14-6-2-1-3-7-16-35(25)29(38)23-10-9-15-31-19-23/h9-10,12-13,15,18-19,30H,1-8,11,14,16-17,20-21H2,(H,32,37). The number of amides is 2. The number of nitrogens with one attached hydrogen (secondary N) is 2. The second-order valence-corrected chi connectivity index (χ2v) is 10.2. The molecule has 0 radical (unpaired) electrons. The Morgan fingerprint density at radius 2 is 1.76 bits per heavy atom. The highest BCUT2D eigenvalue weighted by Crippen LogP contribution is 2.26. The van der Waals surface area contributed by atoms with E-state index in [1.54, 1.807) is 24.5 Å². The highest BCUT2D eigenvalue weighted by molar-refractivity contribution is 6.06. The van der Waals surface area contributed by atoms with Crippen molar-refractivity contribution in [3.63, 3.8) is 0 Å². The Balaban J connectivity index is 1.37. The predicted molar refractivity (Wildman–Crippen MR) is 146 cm³/mol. The number of carbonyl (C=O) groups is 2. The third-order valence-corrected chi connectivity index (χ3v) is 7.43. The fourth-order valence-corrected chi connectivity index (χ4v) is 5.32. The van der Waals surface area contributed by atoms with E-state index in [9.17, 15) is 9.59 Å². The van der Waals surface area contributed by atoms with Gasteiger partial charge in [-0.1, -0.05) is 25.7 Å². The molecule has 5 rings (SSSR count). The maximum atomic E-state index is 13.5. The Hall–Kier alpha value is -3.59. The molecule has 9 nitrogen and oxygen atoms in total. The number of rotatable bonds is 4. The summed E-state index contributed by atoms with van der Waals surface area (Å²) in [6.45, 7) is 3.37. The predicted octanol–water partition coefficient (Wildman–Crippen LogP) is 4.03. The quantitative estimate of drug-likeness (QED) is 0.544. The van der Waals surface area contributed by atoms with Crippen LogP contribution in [0.25, 0.3) is 0 Å². The number of nitrogens with zero attached hydrogens (tertiary/aromatic N) is 5. The van der Waals surface area contributed by atoms with Gasteiger partial charge in [-0.3, -0.25) is 14.6 Å². The number of aryl methyl sites for hydroxylation is 1. The first-order valence-electron chi connectivity index (χ1n) is 14.0. The molecule has 0 spiro atoms. The van der Waals surface area contributed by atoms with Crippen LogP contribution in [0.3, 0.4) is 0 Å². The van der Waals surface area contributed by atoms with E-state index >= 15 is 0 Å². The summed E-state index contributed by atoms with van der Waals surface area (Å²) in [6.07, 6.45) is 13.1. The average molecular weight is 516 g/mol. The lowest BCUT2D eigenvalue weighted by molar-refractivity contribution is 0.0948. The lowest BCUT2D eigenvalue weighted by Gasteiger charge is -2.26. The van der Waals surface area contributed by atoms with E-state index in [1.807, 2.05) is 23.1 Å². The van der Waals surface area contributed by atoms with Gasteiger partial charge in [-0.25, -0.2) is 0 Å². The summed E-state index contributed by atoms with van der Waals surface area (Å²) in [5.74, 6) is 1.59. The minimum Gasteiger partial charge on any atom is -0.345 e. The minimum atomic E-state index is -0.157. The van der Waals surface area contributed by atoms with E-state index < -0.39 is 0 Å². The first-order valence-corrected chi connectivity index (χ1v) is 14.0. The zero-order valence-electron chi connectivity index (χ0n) is 22.0. The molecular formula is C29H37N7O2. The molecule has 0 aliphatic carbocycles. The van der Waals surface area contributed by atoms with Crippen LogP contribution in [-0.4, -0.2) is 44.7 Å². The van der Waals surface area contributed by atoms with Crippen LogP contribution in [-0.2, 0) is 26.1 Å². The molecule has 2 aliphatic heterocycles. The summed E-state index contributed by atoms with van der Waals surface area (Å²) < 4.78 is 2.15. The molecule has 0 saturated heterocycles. The van der Waals surface area contributed by atoms with Gasteiger partial charge in [0, 0.05) is 49.7 Å². The van der Waals surface area contributed by atoms with Crippen LogP contribution in [0.15, 0.2) is 42.7 Å². The molecule has 0 fully saturated rings. The van der Waals surface area contributed by atoms with Gasteiger partial charge in [-0.15, -0.1) is 10.2 Å². The van der Waals surface area contributed by atoms with Crippen LogP contribution >= 0.6 is 0 Å². The van der Waals surface area contributed by atoms with Crippen molar-refractivity contribution in [2.45, 2.75) is 77.4 Å². The van der Waals surface area contributed by atoms with Crippen molar-refractivity contribution in [2.24, 2.45) is 0 Å². The van der Waals surface area contributed by atoms with Crippen molar-refractivity contribution in [1.82, 2.24) is 30.4 Å². The minimum absolute atomic E-state index is 0.0684. The van der Waals surface area contributed by atoms with E-state index in [0.29, 0.717) is 30.8 Å². The van der Waals surface area contributed by atoms with Crippen LogP contribution in [0, 0.1) is 0 Å².